The highest BCUT2D eigenvalue weighted by atomic mass is 32.2. The first-order valence-electron chi connectivity index (χ1n) is 8.08. The summed E-state index contributed by atoms with van der Waals surface area (Å²) in [4.78, 5) is 0.0905. The van der Waals surface area contributed by atoms with Gasteiger partial charge < -0.3 is 0 Å². The monoisotopic (exact) mass is 365 g/mol. The quantitative estimate of drug-likeness (QED) is 0.695. The van der Waals surface area contributed by atoms with Crippen molar-refractivity contribution in [2.45, 2.75) is 38.0 Å². The highest BCUT2D eigenvalue weighted by molar-refractivity contribution is 7.92. The van der Waals surface area contributed by atoms with Crippen molar-refractivity contribution >= 4 is 21.3 Å². The zero-order valence-electron chi connectivity index (χ0n) is 14.2. The zero-order valence-corrected chi connectivity index (χ0v) is 15.0. The normalized spacial score (nSPS) is 11.2. The van der Waals surface area contributed by atoms with Crippen molar-refractivity contribution in [3.8, 4) is 0 Å². The third-order valence-electron chi connectivity index (χ3n) is 3.84. The summed E-state index contributed by atoms with van der Waals surface area (Å²) in [5.41, 5.74) is 1.18. The third-order valence-corrected chi connectivity index (χ3v) is 5.22. The molecule has 0 spiro atoms. The SMILES string of the molecule is CCCCC(=C(F)F)c1ccccc1NS(=O)(=O)c1ccc(C)cc1. The molecular weight excluding hydrogens is 344 g/mol. The number of anilines is 1. The van der Waals surface area contributed by atoms with Crippen LogP contribution in [-0.4, -0.2) is 8.42 Å². The number of para-hydroxylation sites is 1. The number of unbranched alkanes of at least 4 members (excludes halogenated alkanes) is 1. The number of aryl methyl sites for hydroxylation is 1. The van der Waals surface area contributed by atoms with Gasteiger partial charge in [-0.1, -0.05) is 49.2 Å². The topological polar surface area (TPSA) is 46.2 Å². The summed E-state index contributed by atoms with van der Waals surface area (Å²) < 4.78 is 54.3. The summed E-state index contributed by atoms with van der Waals surface area (Å²) in [6, 6.07) is 12.6. The molecule has 1 N–H and O–H groups in total. The lowest BCUT2D eigenvalue weighted by Crippen LogP contribution is -2.14. The molecule has 0 fully saturated rings. The molecule has 0 radical (unpaired) electrons. The van der Waals surface area contributed by atoms with Crippen molar-refractivity contribution in [1.82, 2.24) is 0 Å². The van der Waals surface area contributed by atoms with Gasteiger partial charge in [-0.15, -0.1) is 0 Å². The van der Waals surface area contributed by atoms with Crippen LogP contribution in [0.25, 0.3) is 5.57 Å². The molecule has 0 aliphatic carbocycles. The Morgan fingerprint density at radius 2 is 1.68 bits per heavy atom. The van der Waals surface area contributed by atoms with E-state index in [1.54, 1.807) is 24.3 Å². The van der Waals surface area contributed by atoms with Crippen LogP contribution in [0.5, 0.6) is 0 Å². The van der Waals surface area contributed by atoms with Crippen molar-refractivity contribution in [2.24, 2.45) is 0 Å². The van der Waals surface area contributed by atoms with E-state index in [4.69, 9.17) is 0 Å². The van der Waals surface area contributed by atoms with E-state index < -0.39 is 16.1 Å². The average molecular weight is 365 g/mol. The third kappa shape index (κ3) is 4.89. The summed E-state index contributed by atoms with van der Waals surface area (Å²) in [7, 11) is -3.85. The van der Waals surface area contributed by atoms with E-state index >= 15 is 0 Å². The lowest BCUT2D eigenvalue weighted by Gasteiger charge is -2.14. The van der Waals surface area contributed by atoms with Gasteiger partial charge in [0.2, 0.25) is 0 Å². The first-order chi connectivity index (χ1) is 11.8. The van der Waals surface area contributed by atoms with Crippen LogP contribution in [0.4, 0.5) is 14.5 Å². The van der Waals surface area contributed by atoms with E-state index in [-0.39, 0.29) is 28.1 Å². The largest absolute Gasteiger partial charge is 0.279 e. The van der Waals surface area contributed by atoms with Gasteiger partial charge in [-0.25, -0.2) is 8.42 Å². The molecule has 0 atom stereocenters. The maximum atomic E-state index is 13.4. The van der Waals surface area contributed by atoms with E-state index in [1.165, 1.54) is 24.3 Å². The lowest BCUT2D eigenvalue weighted by atomic mass is 10.00. The van der Waals surface area contributed by atoms with Crippen LogP contribution in [-0.2, 0) is 10.0 Å². The smallest absolute Gasteiger partial charge is 0.274 e. The molecule has 2 rings (SSSR count). The molecule has 25 heavy (non-hydrogen) atoms. The molecule has 0 bridgehead atoms. The van der Waals surface area contributed by atoms with Crippen LogP contribution in [0, 0.1) is 6.92 Å². The Morgan fingerprint density at radius 1 is 1.04 bits per heavy atom. The second kappa shape index (κ2) is 8.25. The molecule has 0 amide bonds. The minimum absolute atomic E-state index is 0.0905. The maximum absolute atomic E-state index is 13.4. The van der Waals surface area contributed by atoms with Crippen LogP contribution < -0.4 is 4.72 Å². The molecule has 0 saturated carbocycles. The van der Waals surface area contributed by atoms with E-state index in [0.717, 1.165) is 12.0 Å². The molecule has 0 unspecified atom stereocenters. The summed E-state index contributed by atoms with van der Waals surface area (Å²) in [5, 5.41) is 0. The van der Waals surface area contributed by atoms with Crippen LogP contribution in [0.2, 0.25) is 0 Å². The maximum Gasteiger partial charge on any atom is 0.274 e. The molecule has 6 heteroatoms. The van der Waals surface area contributed by atoms with Crippen molar-refractivity contribution < 1.29 is 17.2 Å². The Hall–Kier alpha value is -2.21. The Kier molecular flexibility index (Phi) is 6.31. The first kappa shape index (κ1) is 19.1. The van der Waals surface area contributed by atoms with Crippen LogP contribution in [0.1, 0.15) is 37.3 Å². The van der Waals surface area contributed by atoms with Crippen LogP contribution in [0.3, 0.4) is 0 Å². The fourth-order valence-electron chi connectivity index (χ4n) is 2.44. The van der Waals surface area contributed by atoms with E-state index in [1.807, 2.05) is 13.8 Å². The second-order valence-electron chi connectivity index (χ2n) is 5.81. The number of sulfonamides is 1. The molecule has 0 aliphatic rings. The minimum Gasteiger partial charge on any atom is -0.279 e. The fraction of sp³-hybridized carbons (Fsp3) is 0.263. The molecular formula is C19H21F2NO2S. The van der Waals surface area contributed by atoms with Crippen molar-refractivity contribution in [1.29, 1.82) is 0 Å². The van der Waals surface area contributed by atoms with Crippen LogP contribution in [0.15, 0.2) is 59.5 Å². The minimum atomic E-state index is -3.85. The van der Waals surface area contributed by atoms with Crippen molar-refractivity contribution in [2.75, 3.05) is 4.72 Å². The van der Waals surface area contributed by atoms with Crippen molar-refractivity contribution in [3.05, 3.63) is 65.7 Å². The highest BCUT2D eigenvalue weighted by Crippen LogP contribution is 2.32. The van der Waals surface area contributed by atoms with Crippen LogP contribution >= 0.6 is 0 Å². The van der Waals surface area contributed by atoms with Gasteiger partial charge in [0.15, 0.2) is 0 Å². The first-order valence-corrected chi connectivity index (χ1v) is 9.56. The van der Waals surface area contributed by atoms with E-state index in [9.17, 15) is 17.2 Å². The predicted molar refractivity (Wildman–Crippen MR) is 97.1 cm³/mol. The molecule has 0 saturated heterocycles. The molecule has 3 nitrogen and oxygen atoms in total. The van der Waals surface area contributed by atoms with Gasteiger partial charge in [0.1, 0.15) is 0 Å². The molecule has 0 aromatic heterocycles. The van der Waals surface area contributed by atoms with Gasteiger partial charge >= 0.3 is 0 Å². The van der Waals surface area contributed by atoms with Gasteiger partial charge in [-0.05, 0) is 38.0 Å². The number of hydrogen-bond acceptors (Lipinski definition) is 2. The average Bonchev–Trinajstić information content (AvgIpc) is 2.56. The summed E-state index contributed by atoms with van der Waals surface area (Å²) in [5.74, 6) is 0. The fourth-order valence-corrected chi connectivity index (χ4v) is 3.52. The molecule has 2 aromatic carbocycles. The van der Waals surface area contributed by atoms with Gasteiger partial charge in [0, 0.05) is 11.1 Å². The standard InChI is InChI=1S/C19H21F2NO2S/c1-3-4-7-17(19(20)21)16-8-5-6-9-18(16)22-25(23,24)15-12-10-14(2)11-13-15/h5-6,8-13,22H,3-4,7H2,1-2H3. The van der Waals surface area contributed by atoms with Gasteiger partial charge in [0.05, 0.1) is 10.6 Å². The van der Waals surface area contributed by atoms with Crippen molar-refractivity contribution in [3.63, 3.8) is 0 Å². The summed E-state index contributed by atoms with van der Waals surface area (Å²) >= 11 is 0. The number of allylic oxidation sites excluding steroid dienone is 1. The Bertz CT molecular complexity index is 855. The Labute approximate surface area is 147 Å². The Balaban J connectivity index is 2.41. The van der Waals surface area contributed by atoms with Gasteiger partial charge in [-0.2, -0.15) is 8.78 Å². The number of hydrogen-bond donors (Lipinski definition) is 1. The molecule has 0 aliphatic heterocycles. The van der Waals surface area contributed by atoms with Gasteiger partial charge in [-0.3, -0.25) is 4.72 Å². The molecule has 0 heterocycles. The Morgan fingerprint density at radius 3 is 2.28 bits per heavy atom. The number of nitrogens with one attached hydrogen (secondary N) is 1. The number of benzene rings is 2. The van der Waals surface area contributed by atoms with E-state index in [0.29, 0.717) is 6.42 Å². The lowest BCUT2D eigenvalue weighted by molar-refractivity contribution is 0.422. The summed E-state index contributed by atoms with van der Waals surface area (Å²) in [6.07, 6.45) is -0.211. The second-order valence-corrected chi connectivity index (χ2v) is 7.49. The molecule has 2 aromatic rings. The zero-order chi connectivity index (χ0) is 18.4. The summed E-state index contributed by atoms with van der Waals surface area (Å²) in [6.45, 7) is 3.77. The van der Waals surface area contributed by atoms with Gasteiger partial charge in [0.25, 0.3) is 16.1 Å². The predicted octanol–water partition coefficient (Wildman–Crippen LogP) is 5.59. The molecule has 134 valence electrons. The highest BCUT2D eigenvalue weighted by Gasteiger charge is 2.19. The van der Waals surface area contributed by atoms with E-state index in [2.05, 4.69) is 4.72 Å². The number of rotatable bonds is 7. The number of halogens is 2.